The second-order valence-electron chi connectivity index (χ2n) is 5.21. The number of aliphatic hydroxyl groups excluding tert-OH is 1. The van der Waals surface area contributed by atoms with E-state index in [-0.39, 0.29) is 12.0 Å². The Morgan fingerprint density at radius 2 is 2.05 bits per heavy atom. The average molecular weight is 258 g/mol. The number of anilines is 1. The fourth-order valence-electron chi connectivity index (χ4n) is 1.49. The van der Waals surface area contributed by atoms with Gasteiger partial charge in [-0.25, -0.2) is 4.98 Å². The summed E-state index contributed by atoms with van der Waals surface area (Å²) in [6.45, 7) is 4.72. The Morgan fingerprint density at radius 3 is 2.74 bits per heavy atom. The third-order valence-electron chi connectivity index (χ3n) is 2.77. The zero-order valence-corrected chi connectivity index (χ0v) is 11.2. The topological polar surface area (TPSA) is 70.9 Å². The van der Waals surface area contributed by atoms with Gasteiger partial charge in [0.25, 0.3) is 0 Å². The highest BCUT2D eigenvalue weighted by molar-refractivity contribution is 5.58. The number of nitrogens with one attached hydrogen (secondary N) is 1. The molecule has 2 heterocycles. The highest BCUT2D eigenvalue weighted by atomic mass is 16.3. The molecule has 5 heteroatoms. The van der Waals surface area contributed by atoms with Gasteiger partial charge in [-0.1, -0.05) is 13.8 Å². The van der Waals surface area contributed by atoms with Crippen LogP contribution in [0.4, 0.5) is 5.82 Å². The molecular formula is C14H18N4O. The summed E-state index contributed by atoms with van der Waals surface area (Å²) in [5.41, 5.74) is 1.52. The van der Waals surface area contributed by atoms with Crippen molar-refractivity contribution in [2.45, 2.75) is 13.8 Å². The summed E-state index contributed by atoms with van der Waals surface area (Å²) in [4.78, 5) is 12.7. The van der Waals surface area contributed by atoms with Gasteiger partial charge in [0.2, 0.25) is 0 Å². The molecule has 0 saturated heterocycles. The van der Waals surface area contributed by atoms with Crippen LogP contribution in [0.5, 0.6) is 0 Å². The van der Waals surface area contributed by atoms with Crippen molar-refractivity contribution >= 4 is 5.82 Å². The molecule has 0 unspecified atom stereocenters. The summed E-state index contributed by atoms with van der Waals surface area (Å²) in [6.07, 6.45) is 6.86. The predicted molar refractivity (Wildman–Crippen MR) is 74.6 cm³/mol. The molecule has 0 radical (unpaired) electrons. The lowest BCUT2D eigenvalue weighted by Crippen LogP contribution is -2.27. The van der Waals surface area contributed by atoms with Gasteiger partial charge in [-0.2, -0.15) is 0 Å². The van der Waals surface area contributed by atoms with Crippen LogP contribution in [0.3, 0.4) is 0 Å². The van der Waals surface area contributed by atoms with E-state index in [0.717, 1.165) is 11.3 Å². The Hall–Kier alpha value is -2.01. The summed E-state index contributed by atoms with van der Waals surface area (Å²) in [5.74, 6) is 0.697. The van der Waals surface area contributed by atoms with Crippen molar-refractivity contribution in [3.8, 4) is 11.3 Å². The molecule has 19 heavy (non-hydrogen) atoms. The quantitative estimate of drug-likeness (QED) is 0.858. The molecule has 2 N–H and O–H groups in total. The fourth-order valence-corrected chi connectivity index (χ4v) is 1.49. The molecule has 0 fully saturated rings. The van der Waals surface area contributed by atoms with E-state index in [1.807, 2.05) is 26.0 Å². The van der Waals surface area contributed by atoms with Crippen molar-refractivity contribution in [2.24, 2.45) is 5.41 Å². The summed E-state index contributed by atoms with van der Waals surface area (Å²) in [7, 11) is 0. The summed E-state index contributed by atoms with van der Waals surface area (Å²) in [5, 5.41) is 12.4. The number of hydrogen-bond donors (Lipinski definition) is 2. The van der Waals surface area contributed by atoms with Crippen molar-refractivity contribution in [1.29, 1.82) is 0 Å². The van der Waals surface area contributed by atoms with Gasteiger partial charge >= 0.3 is 0 Å². The number of hydrogen-bond acceptors (Lipinski definition) is 5. The molecule has 2 aromatic rings. The molecular weight excluding hydrogens is 240 g/mol. The van der Waals surface area contributed by atoms with E-state index in [2.05, 4.69) is 20.3 Å². The van der Waals surface area contributed by atoms with E-state index in [1.54, 1.807) is 24.8 Å². The second-order valence-corrected chi connectivity index (χ2v) is 5.21. The van der Waals surface area contributed by atoms with Gasteiger partial charge in [-0.05, 0) is 12.1 Å². The van der Waals surface area contributed by atoms with Crippen LogP contribution in [-0.4, -0.2) is 33.2 Å². The maximum atomic E-state index is 9.22. The van der Waals surface area contributed by atoms with Crippen molar-refractivity contribution < 1.29 is 5.11 Å². The van der Waals surface area contributed by atoms with Gasteiger partial charge in [-0.3, -0.25) is 9.97 Å². The van der Waals surface area contributed by atoms with E-state index in [9.17, 15) is 5.11 Å². The van der Waals surface area contributed by atoms with Gasteiger partial charge < -0.3 is 10.4 Å². The Bertz CT molecular complexity index is 528. The van der Waals surface area contributed by atoms with E-state index in [0.29, 0.717) is 12.4 Å². The van der Waals surface area contributed by atoms with E-state index < -0.39 is 0 Å². The number of aromatic nitrogens is 3. The van der Waals surface area contributed by atoms with Gasteiger partial charge in [0.15, 0.2) is 0 Å². The van der Waals surface area contributed by atoms with Crippen molar-refractivity contribution in [3.05, 3.63) is 36.9 Å². The SMILES string of the molecule is CC(C)(CO)CNc1cncc(-c2cccnc2)n1. The van der Waals surface area contributed by atoms with Crippen LogP contribution in [0.25, 0.3) is 11.3 Å². The highest BCUT2D eigenvalue weighted by Crippen LogP contribution is 2.18. The van der Waals surface area contributed by atoms with Gasteiger partial charge in [-0.15, -0.1) is 0 Å². The first kappa shape index (κ1) is 13.4. The van der Waals surface area contributed by atoms with Crippen LogP contribution in [0, 0.1) is 5.41 Å². The Labute approximate surface area is 112 Å². The summed E-state index contributed by atoms with van der Waals surface area (Å²) >= 11 is 0. The van der Waals surface area contributed by atoms with Crippen LogP contribution in [-0.2, 0) is 0 Å². The fraction of sp³-hybridized carbons (Fsp3) is 0.357. The lowest BCUT2D eigenvalue weighted by Gasteiger charge is -2.22. The maximum Gasteiger partial charge on any atom is 0.145 e. The number of nitrogens with zero attached hydrogens (tertiary/aromatic N) is 3. The minimum Gasteiger partial charge on any atom is -0.396 e. The van der Waals surface area contributed by atoms with Gasteiger partial charge in [0, 0.05) is 36.5 Å². The average Bonchev–Trinajstić information content (AvgIpc) is 2.47. The van der Waals surface area contributed by atoms with Crippen molar-refractivity contribution in [2.75, 3.05) is 18.5 Å². The number of rotatable bonds is 5. The van der Waals surface area contributed by atoms with Crippen LogP contribution >= 0.6 is 0 Å². The Morgan fingerprint density at radius 1 is 1.21 bits per heavy atom. The van der Waals surface area contributed by atoms with Crippen molar-refractivity contribution in [3.63, 3.8) is 0 Å². The number of aliphatic hydroxyl groups is 1. The Balaban J connectivity index is 2.12. The molecule has 0 amide bonds. The van der Waals surface area contributed by atoms with Gasteiger partial charge in [0.05, 0.1) is 18.1 Å². The zero-order valence-electron chi connectivity index (χ0n) is 11.2. The van der Waals surface area contributed by atoms with Crippen LogP contribution < -0.4 is 5.32 Å². The van der Waals surface area contributed by atoms with E-state index in [4.69, 9.17) is 0 Å². The molecule has 0 atom stereocenters. The highest BCUT2D eigenvalue weighted by Gasteiger charge is 2.16. The minimum atomic E-state index is -0.189. The monoisotopic (exact) mass is 258 g/mol. The van der Waals surface area contributed by atoms with Crippen LogP contribution in [0.2, 0.25) is 0 Å². The molecule has 0 bridgehead atoms. The molecule has 0 saturated carbocycles. The van der Waals surface area contributed by atoms with E-state index in [1.165, 1.54) is 0 Å². The molecule has 2 rings (SSSR count). The zero-order chi connectivity index (χ0) is 13.7. The Kier molecular flexibility index (Phi) is 4.06. The molecule has 0 spiro atoms. The molecule has 0 aromatic carbocycles. The van der Waals surface area contributed by atoms with Crippen LogP contribution in [0.1, 0.15) is 13.8 Å². The first-order valence-electron chi connectivity index (χ1n) is 6.18. The summed E-state index contributed by atoms with van der Waals surface area (Å²) < 4.78 is 0. The summed E-state index contributed by atoms with van der Waals surface area (Å²) in [6, 6.07) is 3.81. The third-order valence-corrected chi connectivity index (χ3v) is 2.77. The maximum absolute atomic E-state index is 9.22. The molecule has 0 aliphatic rings. The third kappa shape index (κ3) is 3.72. The standard InChI is InChI=1S/C14H18N4O/c1-14(2,10-19)9-17-13-8-16-7-12(18-13)11-4-3-5-15-6-11/h3-8,19H,9-10H2,1-2H3,(H,17,18). The molecule has 0 aliphatic heterocycles. The lowest BCUT2D eigenvalue weighted by atomic mass is 9.95. The number of pyridine rings is 1. The molecule has 5 nitrogen and oxygen atoms in total. The van der Waals surface area contributed by atoms with Gasteiger partial charge in [0.1, 0.15) is 5.82 Å². The molecule has 2 aromatic heterocycles. The largest absolute Gasteiger partial charge is 0.396 e. The first-order valence-corrected chi connectivity index (χ1v) is 6.18. The molecule has 0 aliphatic carbocycles. The normalized spacial score (nSPS) is 11.3. The first-order chi connectivity index (χ1) is 9.11. The minimum absolute atomic E-state index is 0.121. The second kappa shape index (κ2) is 5.75. The van der Waals surface area contributed by atoms with E-state index >= 15 is 0 Å². The molecule has 100 valence electrons. The predicted octanol–water partition coefficient (Wildman–Crippen LogP) is 1.97. The van der Waals surface area contributed by atoms with Crippen LogP contribution in [0.15, 0.2) is 36.9 Å². The smallest absolute Gasteiger partial charge is 0.145 e. The lowest BCUT2D eigenvalue weighted by molar-refractivity contribution is 0.170. The van der Waals surface area contributed by atoms with Crippen molar-refractivity contribution in [1.82, 2.24) is 15.0 Å².